The fourth-order valence-electron chi connectivity index (χ4n) is 0.782. The van der Waals surface area contributed by atoms with E-state index in [1.54, 1.807) is 13.8 Å². The molecule has 18 N–H and O–H groups in total. The SMILES string of the molecule is CC(C)C(N)C(=O)O.CCC(C)C(N)C(=O)O.NCC(=O)O.NCC(=O)O.NCC(=O)O.NCC(=O)O. The molecule has 3 unspecified atom stereocenters. The molecule has 222 valence electrons. The van der Waals surface area contributed by atoms with Crippen LogP contribution in [0.25, 0.3) is 0 Å². The second-order valence-electron chi connectivity index (χ2n) is 6.75. The Morgan fingerprint density at radius 2 is 0.730 bits per heavy atom. The summed E-state index contributed by atoms with van der Waals surface area (Å²) in [4.78, 5) is 57.2. The van der Waals surface area contributed by atoms with E-state index in [0.717, 1.165) is 6.42 Å². The van der Waals surface area contributed by atoms with Gasteiger partial charge in [0.25, 0.3) is 0 Å². The zero-order chi connectivity index (χ0) is 31.3. The maximum atomic E-state index is 10.2. The van der Waals surface area contributed by atoms with Gasteiger partial charge in [-0.3, -0.25) is 28.8 Å². The molecule has 37 heavy (non-hydrogen) atoms. The van der Waals surface area contributed by atoms with Crippen molar-refractivity contribution in [3.63, 3.8) is 0 Å². The standard InChI is InChI=1S/C6H13NO2.C5H11NO2.4C2H5NO2/c1-3-4(2)5(7)6(8)9;1-3(2)4(6)5(7)8;4*3-1-2(4)5/h4-5H,3,7H2,1-2H3,(H,8,9);3-4H,6H2,1-2H3,(H,7,8);4*1,3H2,(H,4,5). The van der Waals surface area contributed by atoms with Gasteiger partial charge in [-0.2, -0.15) is 0 Å². The normalized spacial score (nSPS) is 11.1. The third-order valence-electron chi connectivity index (χ3n) is 3.24. The lowest BCUT2D eigenvalue weighted by molar-refractivity contribution is -0.140. The number of hydrogen-bond acceptors (Lipinski definition) is 12. The van der Waals surface area contributed by atoms with Crippen LogP contribution in [0.5, 0.6) is 0 Å². The zero-order valence-corrected chi connectivity index (χ0v) is 21.4. The summed E-state index contributed by atoms with van der Waals surface area (Å²) in [6, 6.07) is -1.41. The summed E-state index contributed by atoms with van der Waals surface area (Å²) < 4.78 is 0. The van der Waals surface area contributed by atoms with Crippen LogP contribution in [-0.2, 0) is 28.8 Å². The highest BCUT2D eigenvalue weighted by atomic mass is 16.4. The van der Waals surface area contributed by atoms with Crippen molar-refractivity contribution in [1.29, 1.82) is 0 Å². The smallest absolute Gasteiger partial charge is 0.320 e. The Labute approximate surface area is 214 Å². The van der Waals surface area contributed by atoms with Crippen LogP contribution in [0.2, 0.25) is 0 Å². The van der Waals surface area contributed by atoms with Crippen molar-refractivity contribution in [3.05, 3.63) is 0 Å². The van der Waals surface area contributed by atoms with Crippen molar-refractivity contribution < 1.29 is 59.4 Å². The average Bonchev–Trinajstić information content (AvgIpc) is 2.83. The summed E-state index contributed by atoms with van der Waals surface area (Å²) in [5, 5.41) is 47.0. The Kier molecular flexibility index (Phi) is 41.3. The van der Waals surface area contributed by atoms with E-state index < -0.39 is 47.9 Å². The zero-order valence-electron chi connectivity index (χ0n) is 21.4. The van der Waals surface area contributed by atoms with Crippen LogP contribution in [0.1, 0.15) is 34.1 Å². The minimum atomic E-state index is -0.968. The fourth-order valence-corrected chi connectivity index (χ4v) is 0.782. The second-order valence-corrected chi connectivity index (χ2v) is 6.75. The summed E-state index contributed by atoms with van der Waals surface area (Å²) in [5.74, 6) is -5.62. The molecule has 0 fully saturated rings. The highest BCUT2D eigenvalue weighted by Crippen LogP contribution is 2.04. The van der Waals surface area contributed by atoms with Crippen molar-refractivity contribution in [2.45, 2.75) is 46.2 Å². The van der Waals surface area contributed by atoms with Gasteiger partial charge in [0.15, 0.2) is 0 Å². The number of aliphatic carboxylic acids is 6. The van der Waals surface area contributed by atoms with Gasteiger partial charge < -0.3 is 65.0 Å². The molecule has 3 atom stereocenters. The Morgan fingerprint density at radius 1 is 0.541 bits per heavy atom. The number of hydrogen-bond donors (Lipinski definition) is 12. The van der Waals surface area contributed by atoms with Crippen LogP contribution < -0.4 is 34.4 Å². The van der Waals surface area contributed by atoms with E-state index in [9.17, 15) is 28.8 Å². The van der Waals surface area contributed by atoms with E-state index in [2.05, 4.69) is 22.9 Å². The lowest BCUT2D eigenvalue weighted by Gasteiger charge is -2.11. The topological polar surface area (TPSA) is 380 Å². The van der Waals surface area contributed by atoms with Gasteiger partial charge in [-0.05, 0) is 11.8 Å². The van der Waals surface area contributed by atoms with Gasteiger partial charge in [0.2, 0.25) is 0 Å². The highest BCUT2D eigenvalue weighted by molar-refractivity contribution is 5.73. The van der Waals surface area contributed by atoms with E-state index in [-0.39, 0.29) is 38.0 Å². The molecule has 0 aliphatic heterocycles. The fraction of sp³-hybridized carbons (Fsp3) is 0.684. The highest BCUT2D eigenvalue weighted by Gasteiger charge is 2.17. The molecule has 0 spiro atoms. The van der Waals surface area contributed by atoms with Crippen LogP contribution in [0, 0.1) is 11.8 Å². The summed E-state index contributed by atoms with van der Waals surface area (Å²) in [6.07, 6.45) is 0.813. The molecule has 0 aromatic carbocycles. The maximum Gasteiger partial charge on any atom is 0.320 e. The molecular weight excluding hydrogens is 504 g/mol. The first kappa shape index (κ1) is 46.9. The maximum absolute atomic E-state index is 10.2. The Balaban J connectivity index is -0.0000000796. The monoisotopic (exact) mass is 548 g/mol. The molecule has 0 bridgehead atoms. The van der Waals surface area contributed by atoms with Crippen LogP contribution in [0.15, 0.2) is 0 Å². The van der Waals surface area contributed by atoms with E-state index in [1.165, 1.54) is 0 Å². The average molecular weight is 549 g/mol. The first-order valence-electron chi connectivity index (χ1n) is 10.4. The molecule has 0 aromatic rings. The Hall–Kier alpha value is -3.42. The van der Waals surface area contributed by atoms with Crippen LogP contribution in [0.3, 0.4) is 0 Å². The van der Waals surface area contributed by atoms with Crippen LogP contribution >= 0.6 is 0 Å². The molecule has 18 heteroatoms. The predicted molar refractivity (Wildman–Crippen MR) is 132 cm³/mol. The summed E-state index contributed by atoms with van der Waals surface area (Å²) in [5.41, 5.74) is 28.7. The number of carbonyl (C=O) groups is 6. The van der Waals surface area contributed by atoms with Crippen LogP contribution in [-0.4, -0.2) is 105 Å². The molecular formula is C19H44N6O12. The first-order chi connectivity index (χ1) is 16.7. The van der Waals surface area contributed by atoms with Gasteiger partial charge in [-0.1, -0.05) is 34.1 Å². The Morgan fingerprint density at radius 3 is 0.757 bits per heavy atom. The third kappa shape index (κ3) is 59.8. The Bertz CT molecular complexity index is 579. The molecule has 0 saturated heterocycles. The van der Waals surface area contributed by atoms with E-state index >= 15 is 0 Å². The number of nitrogens with two attached hydrogens (primary N) is 6. The number of carboxylic acids is 6. The summed E-state index contributed by atoms with van der Waals surface area (Å²) >= 11 is 0. The predicted octanol–water partition coefficient (Wildman–Crippen LogP) is -3.38. The van der Waals surface area contributed by atoms with Gasteiger partial charge in [0.1, 0.15) is 12.1 Å². The quantitative estimate of drug-likeness (QED) is 0.133. The molecule has 0 rings (SSSR count). The molecule has 0 aliphatic carbocycles. The van der Waals surface area contributed by atoms with Gasteiger partial charge in [0, 0.05) is 0 Å². The van der Waals surface area contributed by atoms with Gasteiger partial charge in [-0.15, -0.1) is 0 Å². The van der Waals surface area contributed by atoms with Gasteiger partial charge in [-0.25, -0.2) is 0 Å². The second kappa shape index (κ2) is 32.6. The van der Waals surface area contributed by atoms with Crippen molar-refractivity contribution >= 4 is 35.8 Å². The van der Waals surface area contributed by atoms with Crippen molar-refractivity contribution in [2.75, 3.05) is 26.2 Å². The van der Waals surface area contributed by atoms with E-state index in [0.29, 0.717) is 0 Å². The molecule has 0 radical (unpaired) electrons. The lowest BCUT2D eigenvalue weighted by atomic mass is 10.0. The molecule has 0 aromatic heterocycles. The number of carboxylic acid groups (broad SMARTS) is 6. The molecule has 0 heterocycles. The third-order valence-corrected chi connectivity index (χ3v) is 3.24. The minimum absolute atomic E-state index is 0.0208. The molecule has 0 aliphatic rings. The van der Waals surface area contributed by atoms with Gasteiger partial charge in [0.05, 0.1) is 26.2 Å². The number of rotatable bonds is 9. The summed E-state index contributed by atoms with van der Waals surface area (Å²) in [6.45, 7) is 6.20. The van der Waals surface area contributed by atoms with E-state index in [4.69, 9.17) is 42.1 Å². The van der Waals surface area contributed by atoms with Crippen LogP contribution in [0.4, 0.5) is 0 Å². The van der Waals surface area contributed by atoms with E-state index in [1.807, 2.05) is 13.8 Å². The largest absolute Gasteiger partial charge is 0.480 e. The molecule has 0 saturated carbocycles. The minimum Gasteiger partial charge on any atom is -0.480 e. The van der Waals surface area contributed by atoms with Crippen molar-refractivity contribution in [3.8, 4) is 0 Å². The lowest BCUT2D eigenvalue weighted by Crippen LogP contribution is -2.36. The first-order valence-corrected chi connectivity index (χ1v) is 10.4. The van der Waals surface area contributed by atoms with Gasteiger partial charge >= 0.3 is 35.8 Å². The van der Waals surface area contributed by atoms with Crippen molar-refractivity contribution in [1.82, 2.24) is 0 Å². The molecule has 0 amide bonds. The molecule has 18 nitrogen and oxygen atoms in total. The van der Waals surface area contributed by atoms with Crippen molar-refractivity contribution in [2.24, 2.45) is 46.2 Å². The summed E-state index contributed by atoms with van der Waals surface area (Å²) in [7, 11) is 0.